The number of aromatic nitrogens is 6. The Morgan fingerprint density at radius 3 is 3.09 bits per heavy atom. The fourth-order valence-corrected chi connectivity index (χ4v) is 3.95. The summed E-state index contributed by atoms with van der Waals surface area (Å²) < 4.78 is 0.811. The van der Waals surface area contributed by atoms with E-state index in [-0.39, 0.29) is 17.2 Å². The predicted molar refractivity (Wildman–Crippen MR) is 90.2 cm³/mol. The van der Waals surface area contributed by atoms with Crippen LogP contribution in [0.15, 0.2) is 20.5 Å². The van der Waals surface area contributed by atoms with Gasteiger partial charge in [-0.15, -0.1) is 10.2 Å². The minimum Gasteiger partial charge on any atom is -0.301 e. The van der Waals surface area contributed by atoms with Crippen molar-refractivity contribution in [3.05, 3.63) is 16.6 Å². The number of thioether (sulfide) groups is 2. The van der Waals surface area contributed by atoms with Crippen LogP contribution in [0.3, 0.4) is 0 Å². The van der Waals surface area contributed by atoms with Gasteiger partial charge in [0, 0.05) is 0 Å². The van der Waals surface area contributed by atoms with Crippen molar-refractivity contribution in [3.63, 3.8) is 0 Å². The molecule has 3 N–H and O–H groups in total. The molecule has 12 heteroatoms. The van der Waals surface area contributed by atoms with Gasteiger partial charge in [0.2, 0.25) is 11.0 Å². The number of nitrogens with one attached hydrogen (secondary N) is 3. The summed E-state index contributed by atoms with van der Waals surface area (Å²) in [5.74, 6) is 0.748. The number of rotatable bonds is 6. The van der Waals surface area contributed by atoms with Crippen molar-refractivity contribution < 1.29 is 4.79 Å². The molecule has 0 spiro atoms. The van der Waals surface area contributed by atoms with Crippen LogP contribution in [-0.2, 0) is 4.79 Å². The summed E-state index contributed by atoms with van der Waals surface area (Å²) in [4.78, 5) is 30.5. The topological polar surface area (TPSA) is 129 Å². The highest BCUT2D eigenvalue weighted by atomic mass is 32.2. The Bertz CT molecular complexity index is 887. The number of amides is 1. The van der Waals surface area contributed by atoms with E-state index in [0.717, 1.165) is 21.9 Å². The molecule has 0 bridgehead atoms. The fraction of sp³-hybridized carbons (Fsp3) is 0.273. The van der Waals surface area contributed by atoms with Crippen LogP contribution < -0.4 is 10.9 Å². The Balaban J connectivity index is 1.60. The highest BCUT2D eigenvalue weighted by Gasteiger charge is 2.11. The van der Waals surface area contributed by atoms with Gasteiger partial charge in [0.25, 0.3) is 5.56 Å². The van der Waals surface area contributed by atoms with Crippen LogP contribution in [0.4, 0.5) is 5.13 Å². The number of anilines is 1. The third-order valence-corrected chi connectivity index (χ3v) is 5.29. The zero-order valence-corrected chi connectivity index (χ0v) is 14.3. The molecule has 0 radical (unpaired) electrons. The van der Waals surface area contributed by atoms with E-state index in [1.54, 1.807) is 11.8 Å². The monoisotopic (exact) mass is 369 g/mol. The Labute approximate surface area is 142 Å². The van der Waals surface area contributed by atoms with Crippen molar-refractivity contribution >= 4 is 56.9 Å². The second kappa shape index (κ2) is 7.10. The first-order valence-corrected chi connectivity index (χ1v) is 9.27. The van der Waals surface area contributed by atoms with Crippen LogP contribution >= 0.6 is 34.9 Å². The highest BCUT2D eigenvalue weighted by Crippen LogP contribution is 2.25. The SMILES string of the molecule is CCSc1nnc(NC(=O)CSc2nc3[nH]ncc3c(=O)[nH]2)s1. The zero-order chi connectivity index (χ0) is 16.2. The van der Waals surface area contributed by atoms with Gasteiger partial charge in [-0.2, -0.15) is 5.10 Å². The molecule has 0 fully saturated rings. The Morgan fingerprint density at radius 1 is 1.39 bits per heavy atom. The number of aromatic amines is 2. The summed E-state index contributed by atoms with van der Waals surface area (Å²) in [5, 5.41) is 18.1. The summed E-state index contributed by atoms with van der Waals surface area (Å²) in [6, 6.07) is 0. The molecule has 0 aliphatic rings. The lowest BCUT2D eigenvalue weighted by Gasteiger charge is -2.01. The van der Waals surface area contributed by atoms with Crippen LogP contribution in [0, 0.1) is 0 Å². The van der Waals surface area contributed by atoms with Crippen molar-refractivity contribution in [2.45, 2.75) is 16.4 Å². The van der Waals surface area contributed by atoms with E-state index in [0.29, 0.717) is 21.3 Å². The van der Waals surface area contributed by atoms with E-state index in [2.05, 4.69) is 35.7 Å². The Morgan fingerprint density at radius 2 is 2.26 bits per heavy atom. The molecule has 0 aliphatic heterocycles. The fourth-order valence-electron chi connectivity index (χ4n) is 1.62. The van der Waals surface area contributed by atoms with Gasteiger partial charge in [0.15, 0.2) is 15.1 Å². The van der Waals surface area contributed by atoms with Gasteiger partial charge >= 0.3 is 0 Å². The first kappa shape index (κ1) is 16.0. The number of nitrogens with zero attached hydrogens (tertiary/aromatic N) is 4. The maximum atomic E-state index is 11.9. The second-order valence-electron chi connectivity index (χ2n) is 4.15. The molecule has 0 aliphatic carbocycles. The molecule has 3 aromatic rings. The number of carbonyl (C=O) groups excluding carboxylic acids is 1. The number of fused-ring (bicyclic) bond motifs is 1. The van der Waals surface area contributed by atoms with Crippen molar-refractivity contribution in [2.75, 3.05) is 16.8 Å². The standard InChI is InChI=1S/C11H11N7O2S3/c1-2-21-11-18-17-10(23-11)13-6(19)4-22-9-14-7-5(3-12-16-7)8(20)15-9/h3H,2,4H2,1H3,(H,13,17,19)(H2,12,14,15,16,20). The van der Waals surface area contributed by atoms with Crippen LogP contribution in [0.2, 0.25) is 0 Å². The van der Waals surface area contributed by atoms with Crippen molar-refractivity contribution in [1.29, 1.82) is 0 Å². The van der Waals surface area contributed by atoms with Crippen LogP contribution in [0.25, 0.3) is 11.0 Å². The number of carbonyl (C=O) groups is 1. The van der Waals surface area contributed by atoms with E-state index in [1.807, 2.05) is 6.92 Å². The van der Waals surface area contributed by atoms with Gasteiger partial charge in [0.05, 0.1) is 11.9 Å². The average molecular weight is 369 g/mol. The normalized spacial score (nSPS) is 11.0. The summed E-state index contributed by atoms with van der Waals surface area (Å²) in [6.07, 6.45) is 1.41. The summed E-state index contributed by atoms with van der Waals surface area (Å²) in [6.45, 7) is 2.02. The Kier molecular flexibility index (Phi) is 4.93. The van der Waals surface area contributed by atoms with E-state index in [1.165, 1.54) is 17.5 Å². The zero-order valence-electron chi connectivity index (χ0n) is 11.8. The molecule has 23 heavy (non-hydrogen) atoms. The quantitative estimate of drug-likeness (QED) is 0.337. The molecule has 3 aromatic heterocycles. The lowest BCUT2D eigenvalue weighted by molar-refractivity contribution is -0.113. The molecule has 3 rings (SSSR count). The number of hydrogen-bond donors (Lipinski definition) is 3. The number of H-pyrrole nitrogens is 2. The summed E-state index contributed by atoms with van der Waals surface area (Å²) in [7, 11) is 0. The molecule has 0 unspecified atom stereocenters. The molecule has 120 valence electrons. The van der Waals surface area contributed by atoms with Crippen molar-refractivity contribution in [2.24, 2.45) is 0 Å². The summed E-state index contributed by atoms with van der Waals surface area (Å²) in [5.41, 5.74) is 0.0963. The lowest BCUT2D eigenvalue weighted by atomic mass is 10.4. The van der Waals surface area contributed by atoms with Gasteiger partial charge in [-0.25, -0.2) is 4.98 Å². The molecule has 0 saturated carbocycles. The first-order valence-electron chi connectivity index (χ1n) is 6.48. The molecule has 0 atom stereocenters. The molecule has 3 heterocycles. The Hall–Kier alpha value is -1.92. The molecular formula is C11H11N7O2S3. The smallest absolute Gasteiger partial charge is 0.262 e. The molecule has 1 amide bonds. The van der Waals surface area contributed by atoms with E-state index in [9.17, 15) is 9.59 Å². The highest BCUT2D eigenvalue weighted by molar-refractivity contribution is 8.01. The molecule has 9 nitrogen and oxygen atoms in total. The maximum absolute atomic E-state index is 11.9. The van der Waals surface area contributed by atoms with E-state index in [4.69, 9.17) is 0 Å². The van der Waals surface area contributed by atoms with Crippen molar-refractivity contribution in [1.82, 2.24) is 30.4 Å². The van der Waals surface area contributed by atoms with Gasteiger partial charge in [-0.1, -0.05) is 41.8 Å². The number of hydrogen-bond acceptors (Lipinski definition) is 9. The first-order chi connectivity index (χ1) is 11.2. The van der Waals surface area contributed by atoms with Gasteiger partial charge in [0.1, 0.15) is 5.39 Å². The maximum Gasteiger partial charge on any atom is 0.262 e. The van der Waals surface area contributed by atoms with Gasteiger partial charge in [-0.05, 0) is 5.75 Å². The third kappa shape index (κ3) is 3.89. The van der Waals surface area contributed by atoms with Gasteiger partial charge < -0.3 is 4.98 Å². The average Bonchev–Trinajstić information content (AvgIpc) is 3.15. The van der Waals surface area contributed by atoms with E-state index >= 15 is 0 Å². The summed E-state index contributed by atoms with van der Waals surface area (Å²) >= 11 is 4.01. The molecule has 0 saturated heterocycles. The second-order valence-corrected chi connectivity index (χ2v) is 7.60. The van der Waals surface area contributed by atoms with Crippen LogP contribution in [0.5, 0.6) is 0 Å². The van der Waals surface area contributed by atoms with Gasteiger partial charge in [-0.3, -0.25) is 20.0 Å². The van der Waals surface area contributed by atoms with Crippen molar-refractivity contribution in [3.8, 4) is 0 Å². The van der Waals surface area contributed by atoms with Crippen LogP contribution in [0.1, 0.15) is 6.92 Å². The molecule has 0 aromatic carbocycles. The lowest BCUT2D eigenvalue weighted by Crippen LogP contribution is -2.15. The molecular weight excluding hydrogens is 358 g/mol. The van der Waals surface area contributed by atoms with E-state index < -0.39 is 0 Å². The largest absolute Gasteiger partial charge is 0.301 e. The predicted octanol–water partition coefficient (Wildman–Crippen LogP) is 1.34. The minimum atomic E-state index is -0.294. The van der Waals surface area contributed by atoms with Crippen LogP contribution in [-0.4, -0.2) is 47.8 Å². The third-order valence-electron chi connectivity index (χ3n) is 2.56. The minimum absolute atomic E-state index is 0.0957.